The van der Waals surface area contributed by atoms with Crippen molar-refractivity contribution < 1.29 is 4.42 Å². The molecule has 0 aliphatic rings. The molecule has 19 heavy (non-hydrogen) atoms. The SMILES string of the molecule is Cc1ccc(-c2cc(=O)c3cc(Cl)ccc3o2)cc1. The maximum atomic E-state index is 12.1. The third-order valence-corrected chi connectivity index (χ3v) is 3.26. The lowest BCUT2D eigenvalue weighted by molar-refractivity contribution is 0.619. The summed E-state index contributed by atoms with van der Waals surface area (Å²) in [6, 6.07) is 14.4. The van der Waals surface area contributed by atoms with E-state index in [1.807, 2.05) is 31.2 Å². The summed E-state index contributed by atoms with van der Waals surface area (Å²) in [6.07, 6.45) is 0. The zero-order valence-electron chi connectivity index (χ0n) is 10.3. The lowest BCUT2D eigenvalue weighted by atomic mass is 10.1. The van der Waals surface area contributed by atoms with E-state index in [4.69, 9.17) is 16.0 Å². The smallest absolute Gasteiger partial charge is 0.193 e. The van der Waals surface area contributed by atoms with Gasteiger partial charge >= 0.3 is 0 Å². The Bertz CT molecular complexity index is 801. The fourth-order valence-electron chi connectivity index (χ4n) is 1.99. The van der Waals surface area contributed by atoms with Crippen molar-refractivity contribution in [1.82, 2.24) is 0 Å². The average molecular weight is 271 g/mol. The number of fused-ring (bicyclic) bond motifs is 1. The molecule has 0 aliphatic heterocycles. The van der Waals surface area contributed by atoms with Crippen LogP contribution in [0.25, 0.3) is 22.3 Å². The first-order valence-corrected chi connectivity index (χ1v) is 6.32. The molecule has 0 bridgehead atoms. The maximum Gasteiger partial charge on any atom is 0.193 e. The van der Waals surface area contributed by atoms with Gasteiger partial charge in [-0.1, -0.05) is 41.4 Å². The van der Waals surface area contributed by atoms with Gasteiger partial charge in [-0.3, -0.25) is 4.79 Å². The largest absolute Gasteiger partial charge is 0.456 e. The number of aryl methyl sites for hydroxylation is 1. The normalized spacial score (nSPS) is 10.8. The van der Waals surface area contributed by atoms with Crippen LogP contribution in [-0.4, -0.2) is 0 Å². The Balaban J connectivity index is 2.24. The number of rotatable bonds is 1. The van der Waals surface area contributed by atoms with Crippen LogP contribution in [0.3, 0.4) is 0 Å². The maximum absolute atomic E-state index is 12.1. The summed E-state index contributed by atoms with van der Waals surface area (Å²) in [6.45, 7) is 2.02. The molecule has 0 saturated carbocycles. The van der Waals surface area contributed by atoms with E-state index in [9.17, 15) is 4.79 Å². The molecule has 2 nitrogen and oxygen atoms in total. The summed E-state index contributed by atoms with van der Waals surface area (Å²) in [5.41, 5.74) is 2.52. The molecule has 1 heterocycles. The molecule has 0 unspecified atom stereocenters. The Morgan fingerprint density at radius 1 is 1.00 bits per heavy atom. The second-order valence-corrected chi connectivity index (χ2v) is 4.92. The zero-order chi connectivity index (χ0) is 13.4. The van der Waals surface area contributed by atoms with Gasteiger partial charge in [0, 0.05) is 16.7 Å². The molecule has 3 heteroatoms. The fourth-order valence-corrected chi connectivity index (χ4v) is 2.16. The molecule has 1 aromatic heterocycles. The van der Waals surface area contributed by atoms with E-state index in [1.165, 1.54) is 11.6 Å². The van der Waals surface area contributed by atoms with Crippen molar-refractivity contribution >= 4 is 22.6 Å². The second-order valence-electron chi connectivity index (χ2n) is 4.48. The quantitative estimate of drug-likeness (QED) is 0.655. The van der Waals surface area contributed by atoms with E-state index in [1.54, 1.807) is 18.2 Å². The third kappa shape index (κ3) is 2.27. The molecule has 2 aromatic carbocycles. The number of hydrogen-bond acceptors (Lipinski definition) is 2. The second kappa shape index (κ2) is 4.56. The lowest BCUT2D eigenvalue weighted by Crippen LogP contribution is -2.00. The summed E-state index contributed by atoms with van der Waals surface area (Å²) in [5.74, 6) is 0.569. The van der Waals surface area contributed by atoms with Crippen LogP contribution in [-0.2, 0) is 0 Å². The van der Waals surface area contributed by atoms with Crippen LogP contribution in [0.2, 0.25) is 5.02 Å². The summed E-state index contributed by atoms with van der Waals surface area (Å²) in [7, 11) is 0. The first-order chi connectivity index (χ1) is 9.13. The first-order valence-electron chi connectivity index (χ1n) is 5.94. The Morgan fingerprint density at radius 3 is 2.47 bits per heavy atom. The van der Waals surface area contributed by atoms with E-state index in [0.717, 1.165) is 5.56 Å². The summed E-state index contributed by atoms with van der Waals surface area (Å²) >= 11 is 5.88. The molecule has 0 saturated heterocycles. The molecule has 0 radical (unpaired) electrons. The van der Waals surface area contributed by atoms with Crippen LogP contribution < -0.4 is 5.43 Å². The van der Waals surface area contributed by atoms with Crippen molar-refractivity contribution in [3.8, 4) is 11.3 Å². The van der Waals surface area contributed by atoms with Gasteiger partial charge in [0.1, 0.15) is 11.3 Å². The van der Waals surface area contributed by atoms with Crippen molar-refractivity contribution in [3.05, 3.63) is 69.3 Å². The van der Waals surface area contributed by atoms with E-state index in [2.05, 4.69) is 0 Å². The van der Waals surface area contributed by atoms with E-state index >= 15 is 0 Å². The number of benzene rings is 2. The molecule has 3 aromatic rings. The Labute approximate surface area is 115 Å². The highest BCUT2D eigenvalue weighted by atomic mass is 35.5. The average Bonchev–Trinajstić information content (AvgIpc) is 2.40. The monoisotopic (exact) mass is 270 g/mol. The molecule has 0 amide bonds. The molecule has 0 N–H and O–H groups in total. The molecular formula is C16H11ClO2. The van der Waals surface area contributed by atoms with E-state index < -0.39 is 0 Å². The van der Waals surface area contributed by atoms with Gasteiger partial charge in [0.15, 0.2) is 5.43 Å². The van der Waals surface area contributed by atoms with Crippen molar-refractivity contribution in [1.29, 1.82) is 0 Å². The van der Waals surface area contributed by atoms with Crippen molar-refractivity contribution in [3.63, 3.8) is 0 Å². The van der Waals surface area contributed by atoms with Gasteiger partial charge in [-0.15, -0.1) is 0 Å². The molecule has 94 valence electrons. The molecule has 3 rings (SSSR count). The Hall–Kier alpha value is -2.06. The number of halogens is 1. The minimum Gasteiger partial charge on any atom is -0.456 e. The lowest BCUT2D eigenvalue weighted by Gasteiger charge is -2.04. The summed E-state index contributed by atoms with van der Waals surface area (Å²) in [5, 5.41) is 1.03. The van der Waals surface area contributed by atoms with E-state index in [-0.39, 0.29) is 5.43 Å². The molecular weight excluding hydrogens is 260 g/mol. The van der Waals surface area contributed by atoms with Crippen LogP contribution >= 0.6 is 11.6 Å². The third-order valence-electron chi connectivity index (χ3n) is 3.03. The van der Waals surface area contributed by atoms with E-state index in [0.29, 0.717) is 21.8 Å². The van der Waals surface area contributed by atoms with Gasteiger partial charge in [-0.25, -0.2) is 0 Å². The van der Waals surface area contributed by atoms with Crippen LogP contribution in [0, 0.1) is 6.92 Å². The predicted molar refractivity (Wildman–Crippen MR) is 77.7 cm³/mol. The van der Waals surface area contributed by atoms with Gasteiger partial charge in [0.25, 0.3) is 0 Å². The molecule has 0 spiro atoms. The highest BCUT2D eigenvalue weighted by Gasteiger charge is 2.07. The fraction of sp³-hybridized carbons (Fsp3) is 0.0625. The van der Waals surface area contributed by atoms with Gasteiger partial charge in [0.2, 0.25) is 0 Å². The van der Waals surface area contributed by atoms with Gasteiger partial charge in [-0.05, 0) is 25.1 Å². The van der Waals surface area contributed by atoms with Crippen LogP contribution in [0.1, 0.15) is 5.56 Å². The molecule has 0 atom stereocenters. The highest BCUT2D eigenvalue weighted by Crippen LogP contribution is 2.24. The number of hydrogen-bond donors (Lipinski definition) is 0. The minimum atomic E-state index is -0.0840. The summed E-state index contributed by atoms with van der Waals surface area (Å²) in [4.78, 5) is 12.1. The Kier molecular flexibility index (Phi) is 2.88. The van der Waals surface area contributed by atoms with Crippen LogP contribution in [0.15, 0.2) is 57.7 Å². The predicted octanol–water partition coefficient (Wildman–Crippen LogP) is 4.42. The van der Waals surface area contributed by atoms with Gasteiger partial charge < -0.3 is 4.42 Å². The van der Waals surface area contributed by atoms with Crippen molar-refractivity contribution in [2.24, 2.45) is 0 Å². The van der Waals surface area contributed by atoms with Crippen LogP contribution in [0.5, 0.6) is 0 Å². The Morgan fingerprint density at radius 2 is 1.74 bits per heavy atom. The topological polar surface area (TPSA) is 30.2 Å². The van der Waals surface area contributed by atoms with Gasteiger partial charge in [0.05, 0.1) is 5.39 Å². The highest BCUT2D eigenvalue weighted by molar-refractivity contribution is 6.31. The van der Waals surface area contributed by atoms with Gasteiger partial charge in [-0.2, -0.15) is 0 Å². The van der Waals surface area contributed by atoms with Crippen molar-refractivity contribution in [2.75, 3.05) is 0 Å². The minimum absolute atomic E-state index is 0.0840. The van der Waals surface area contributed by atoms with Crippen molar-refractivity contribution in [2.45, 2.75) is 6.92 Å². The van der Waals surface area contributed by atoms with Crippen LogP contribution in [0.4, 0.5) is 0 Å². The zero-order valence-corrected chi connectivity index (χ0v) is 11.1. The summed E-state index contributed by atoms with van der Waals surface area (Å²) < 4.78 is 5.76. The first kappa shape index (κ1) is 12.0. The molecule has 0 fully saturated rings. The standard InChI is InChI=1S/C16H11ClO2/c1-10-2-4-11(5-3-10)16-9-14(18)13-8-12(17)6-7-15(13)19-16/h2-9H,1H3. The molecule has 0 aliphatic carbocycles.